The first-order chi connectivity index (χ1) is 17.0. The molecule has 0 spiro atoms. The summed E-state index contributed by atoms with van der Waals surface area (Å²) in [7, 11) is 3.98. The number of ether oxygens (including phenoxy) is 1. The highest BCUT2D eigenvalue weighted by Crippen LogP contribution is 2.45. The topological polar surface area (TPSA) is 48.9 Å². The highest BCUT2D eigenvalue weighted by atomic mass is 19.1. The molecule has 1 aliphatic carbocycles. The average Bonchev–Trinajstić information content (AvgIpc) is 3.21. The van der Waals surface area contributed by atoms with Gasteiger partial charge in [-0.25, -0.2) is 4.39 Å². The first-order valence-electron chi connectivity index (χ1n) is 12.2. The van der Waals surface area contributed by atoms with E-state index in [2.05, 4.69) is 45.1 Å². The van der Waals surface area contributed by atoms with Gasteiger partial charge >= 0.3 is 0 Å². The number of benzene rings is 2. The second-order valence-corrected chi connectivity index (χ2v) is 9.41. The van der Waals surface area contributed by atoms with E-state index in [1.54, 1.807) is 12.1 Å². The Hall–Kier alpha value is -3.29. The van der Waals surface area contributed by atoms with Crippen molar-refractivity contribution in [3.05, 3.63) is 83.3 Å². The predicted octanol–water partition coefficient (Wildman–Crippen LogP) is 4.08. The molecule has 1 aromatic heterocycles. The average molecular weight is 475 g/mol. The Morgan fingerprint density at radius 2 is 1.83 bits per heavy atom. The number of fused-ring (bicyclic) bond motifs is 3. The van der Waals surface area contributed by atoms with E-state index in [9.17, 15) is 9.18 Å². The molecule has 0 N–H and O–H groups in total. The zero-order chi connectivity index (χ0) is 24.4. The predicted molar refractivity (Wildman–Crippen MR) is 134 cm³/mol. The smallest absolute Gasteiger partial charge is 0.254 e. The van der Waals surface area contributed by atoms with Gasteiger partial charge in [-0.2, -0.15) is 0 Å². The number of carbonyl (C=O) groups excluding carboxylic acids is 1. The summed E-state index contributed by atoms with van der Waals surface area (Å²) in [6, 6.07) is 17.2. The molecule has 2 heterocycles. The first-order valence-corrected chi connectivity index (χ1v) is 12.2. The number of hydrogen-bond acceptors (Lipinski definition) is 5. The molecule has 1 saturated heterocycles. The molecule has 3 aromatic rings. The Morgan fingerprint density at radius 3 is 2.60 bits per heavy atom. The van der Waals surface area contributed by atoms with Gasteiger partial charge < -0.3 is 14.5 Å². The molecule has 1 aliphatic heterocycles. The van der Waals surface area contributed by atoms with Crippen LogP contribution in [-0.2, 0) is 0 Å². The maximum Gasteiger partial charge on any atom is 0.254 e. The van der Waals surface area contributed by atoms with Crippen molar-refractivity contribution in [2.75, 3.05) is 53.4 Å². The second kappa shape index (κ2) is 10.1. The SMILES string of the molecule is CN(C)CCCOc1ccc(C(=O)N2CCN(C3c4ccccc4-c4ncccc43)CC2)cc1F. The van der Waals surface area contributed by atoms with E-state index in [0.717, 1.165) is 31.7 Å². The van der Waals surface area contributed by atoms with Gasteiger partial charge in [0.1, 0.15) is 0 Å². The summed E-state index contributed by atoms with van der Waals surface area (Å²) in [6.45, 7) is 3.99. The lowest BCUT2D eigenvalue weighted by Gasteiger charge is -2.38. The van der Waals surface area contributed by atoms with Gasteiger partial charge in [-0.3, -0.25) is 14.7 Å². The van der Waals surface area contributed by atoms with E-state index >= 15 is 0 Å². The van der Waals surface area contributed by atoms with E-state index in [4.69, 9.17) is 4.74 Å². The van der Waals surface area contributed by atoms with Crippen LogP contribution < -0.4 is 4.74 Å². The summed E-state index contributed by atoms with van der Waals surface area (Å²) in [6.07, 6.45) is 2.65. The van der Waals surface area contributed by atoms with Gasteiger partial charge in [0.15, 0.2) is 11.6 Å². The molecule has 182 valence electrons. The Morgan fingerprint density at radius 1 is 1.06 bits per heavy atom. The number of carbonyl (C=O) groups is 1. The molecule has 1 amide bonds. The zero-order valence-corrected chi connectivity index (χ0v) is 20.3. The molecule has 1 unspecified atom stereocenters. The molecule has 35 heavy (non-hydrogen) atoms. The van der Waals surface area contributed by atoms with E-state index < -0.39 is 5.82 Å². The van der Waals surface area contributed by atoms with Crippen LogP contribution in [0.15, 0.2) is 60.8 Å². The molecule has 1 atom stereocenters. The van der Waals surface area contributed by atoms with Crippen molar-refractivity contribution < 1.29 is 13.9 Å². The minimum absolute atomic E-state index is 0.142. The number of nitrogens with zero attached hydrogens (tertiary/aromatic N) is 4. The van der Waals surface area contributed by atoms with Gasteiger partial charge in [0.05, 0.1) is 18.3 Å². The Balaban J connectivity index is 1.23. The van der Waals surface area contributed by atoms with Gasteiger partial charge in [-0.05, 0) is 50.3 Å². The maximum absolute atomic E-state index is 14.6. The lowest BCUT2D eigenvalue weighted by Crippen LogP contribution is -2.49. The molecule has 5 rings (SSSR count). The van der Waals surface area contributed by atoms with E-state index in [1.807, 2.05) is 31.3 Å². The molecule has 2 aromatic carbocycles. The first kappa shape index (κ1) is 23.5. The van der Waals surface area contributed by atoms with Crippen LogP contribution in [0.5, 0.6) is 5.75 Å². The van der Waals surface area contributed by atoms with Crippen molar-refractivity contribution in [3.63, 3.8) is 0 Å². The van der Waals surface area contributed by atoms with E-state index in [1.165, 1.54) is 22.8 Å². The van der Waals surface area contributed by atoms with Crippen molar-refractivity contribution in [1.29, 1.82) is 0 Å². The third-order valence-electron chi connectivity index (χ3n) is 6.80. The molecule has 0 bridgehead atoms. The standard InChI is InChI=1S/C28H31FN4O2/c1-31(2)13-6-18-35-25-11-10-20(19-24(25)29)28(34)33-16-14-32(15-17-33)27-22-8-4-3-7-21(22)26-23(27)9-5-12-30-26/h3-5,7-12,19,27H,6,13-18H2,1-2H3. The fraction of sp³-hybridized carbons (Fsp3) is 0.357. The van der Waals surface area contributed by atoms with E-state index in [-0.39, 0.29) is 17.7 Å². The van der Waals surface area contributed by atoms with Crippen LogP contribution in [0.4, 0.5) is 4.39 Å². The number of pyridine rings is 1. The van der Waals surface area contributed by atoms with Crippen LogP contribution in [-0.4, -0.2) is 79.0 Å². The van der Waals surface area contributed by atoms with Crippen LogP contribution in [0.3, 0.4) is 0 Å². The number of piperazine rings is 1. The van der Waals surface area contributed by atoms with Crippen molar-refractivity contribution in [2.24, 2.45) is 0 Å². The summed E-state index contributed by atoms with van der Waals surface area (Å²) in [5.41, 5.74) is 5.08. The van der Waals surface area contributed by atoms with Gasteiger partial charge in [-0.15, -0.1) is 0 Å². The summed E-state index contributed by atoms with van der Waals surface area (Å²) in [5, 5.41) is 0. The van der Waals surface area contributed by atoms with Crippen molar-refractivity contribution in [3.8, 4) is 17.0 Å². The quantitative estimate of drug-likeness (QED) is 0.483. The number of halogens is 1. The molecule has 0 saturated carbocycles. The van der Waals surface area contributed by atoms with Crippen LogP contribution in [0.25, 0.3) is 11.3 Å². The summed E-state index contributed by atoms with van der Waals surface area (Å²) in [4.78, 5) is 24.0. The monoisotopic (exact) mass is 474 g/mol. The van der Waals surface area contributed by atoms with Crippen molar-refractivity contribution in [1.82, 2.24) is 19.7 Å². The highest BCUT2D eigenvalue weighted by molar-refractivity contribution is 5.94. The van der Waals surface area contributed by atoms with Crippen LogP contribution in [0.2, 0.25) is 0 Å². The van der Waals surface area contributed by atoms with Crippen LogP contribution >= 0.6 is 0 Å². The van der Waals surface area contributed by atoms with E-state index in [0.29, 0.717) is 25.3 Å². The lowest BCUT2D eigenvalue weighted by molar-refractivity contribution is 0.0599. The molecular weight excluding hydrogens is 443 g/mol. The molecule has 0 radical (unpaired) electrons. The number of amides is 1. The highest BCUT2D eigenvalue weighted by Gasteiger charge is 2.35. The third-order valence-corrected chi connectivity index (χ3v) is 6.80. The van der Waals surface area contributed by atoms with Gasteiger partial charge in [0.25, 0.3) is 5.91 Å². The van der Waals surface area contributed by atoms with Crippen molar-refractivity contribution in [2.45, 2.75) is 12.5 Å². The molecular formula is C28H31FN4O2. The summed E-state index contributed by atoms with van der Waals surface area (Å²) >= 11 is 0. The Bertz CT molecular complexity index is 1160. The number of aromatic nitrogens is 1. The lowest BCUT2D eigenvalue weighted by atomic mass is 10.0. The minimum Gasteiger partial charge on any atom is -0.490 e. The Kier molecular flexibility index (Phi) is 6.79. The number of rotatable bonds is 7. The van der Waals surface area contributed by atoms with Crippen LogP contribution in [0.1, 0.15) is 33.9 Å². The number of hydrogen-bond donors (Lipinski definition) is 0. The maximum atomic E-state index is 14.6. The van der Waals surface area contributed by atoms with Gasteiger partial charge in [-0.1, -0.05) is 30.3 Å². The fourth-order valence-corrected chi connectivity index (χ4v) is 5.06. The normalized spacial score (nSPS) is 17.4. The Labute approximate surface area is 205 Å². The van der Waals surface area contributed by atoms with Crippen LogP contribution in [0, 0.1) is 5.82 Å². The fourth-order valence-electron chi connectivity index (χ4n) is 5.06. The summed E-state index contributed by atoms with van der Waals surface area (Å²) in [5.74, 6) is -0.445. The zero-order valence-electron chi connectivity index (χ0n) is 20.3. The van der Waals surface area contributed by atoms with Gasteiger partial charge in [0, 0.05) is 55.6 Å². The molecule has 7 heteroatoms. The van der Waals surface area contributed by atoms with Gasteiger partial charge in [0.2, 0.25) is 0 Å². The molecule has 2 aliphatic rings. The van der Waals surface area contributed by atoms with Crippen molar-refractivity contribution >= 4 is 5.91 Å². The molecule has 1 fully saturated rings. The summed E-state index contributed by atoms with van der Waals surface area (Å²) < 4.78 is 20.1. The third kappa shape index (κ3) is 4.79. The minimum atomic E-state index is -0.494. The second-order valence-electron chi connectivity index (χ2n) is 9.41. The molecule has 6 nitrogen and oxygen atoms in total. The largest absolute Gasteiger partial charge is 0.490 e.